The summed E-state index contributed by atoms with van der Waals surface area (Å²) < 4.78 is 34.5. The fourth-order valence-electron chi connectivity index (χ4n) is 3.09. The molecule has 0 aliphatic rings. The third kappa shape index (κ3) is 26.4. The molecule has 0 saturated heterocycles. The van der Waals surface area contributed by atoms with Crippen LogP contribution in [0.2, 0.25) is 0 Å². The van der Waals surface area contributed by atoms with Gasteiger partial charge in [-0.1, -0.05) is 90.9 Å². The van der Waals surface area contributed by atoms with Crippen molar-refractivity contribution in [3.05, 3.63) is 0 Å². The number of ether oxygens (including phenoxy) is 1. The molecule has 0 rings (SSSR count). The number of hydrogen-bond donors (Lipinski definition) is 1. The summed E-state index contributed by atoms with van der Waals surface area (Å²) in [6.45, 7) is 4.64. The molecule has 0 heterocycles. The fourth-order valence-corrected chi connectivity index (χ4v) is 3.57. The molecule has 0 radical (unpaired) electrons. The topological polar surface area (TPSA) is 80.7 Å². The Morgan fingerprint density at radius 1 is 0.786 bits per heavy atom. The van der Waals surface area contributed by atoms with E-state index >= 15 is 0 Å². The number of hydrogen-bond acceptors (Lipinski definition) is 4. The molecule has 0 amide bonds. The molecule has 0 aliphatic carbocycles. The average Bonchev–Trinajstić information content (AvgIpc) is 2.58. The van der Waals surface area contributed by atoms with Crippen molar-refractivity contribution in [2.75, 3.05) is 12.4 Å². The summed E-state index contributed by atoms with van der Waals surface area (Å²) in [6, 6.07) is 0. The molecule has 0 aromatic rings. The second-order valence-corrected chi connectivity index (χ2v) is 9.61. The summed E-state index contributed by atoms with van der Waals surface area (Å²) >= 11 is 0. The van der Waals surface area contributed by atoms with Crippen molar-refractivity contribution in [3.63, 3.8) is 0 Å². The van der Waals surface area contributed by atoms with Gasteiger partial charge in [0.1, 0.15) is 0 Å². The monoisotopic (exact) mass is 430 g/mol. The van der Waals surface area contributed by atoms with Crippen LogP contribution in [0.15, 0.2) is 0 Å². The Morgan fingerprint density at radius 2 is 1.21 bits per heavy atom. The third-order valence-corrected chi connectivity index (χ3v) is 5.53. The van der Waals surface area contributed by atoms with E-state index in [0.29, 0.717) is 6.42 Å². The number of unbranched alkanes of at least 4 members (excludes halogenated alkanes) is 11. The molecule has 0 aromatic carbocycles. The van der Waals surface area contributed by atoms with Crippen LogP contribution in [0.3, 0.4) is 0 Å². The number of rotatable bonds is 19. The Bertz CT molecular complexity index is 452. The summed E-state index contributed by atoms with van der Waals surface area (Å²) in [7, 11) is -3.96. The summed E-state index contributed by atoms with van der Waals surface area (Å²) in [5, 5.41) is 0. The SMILES string of the molecule is CC(C)CCCCCCCCCCCCCCC(=O)OCCCS(=O)(=O)O.[NaH]. The van der Waals surface area contributed by atoms with E-state index in [0.717, 1.165) is 25.2 Å². The van der Waals surface area contributed by atoms with Crippen molar-refractivity contribution in [2.24, 2.45) is 5.92 Å². The molecular formula is C21H43NaO5S. The van der Waals surface area contributed by atoms with Gasteiger partial charge in [0.15, 0.2) is 0 Å². The maximum atomic E-state index is 11.5. The maximum absolute atomic E-state index is 11.5. The van der Waals surface area contributed by atoms with Gasteiger partial charge in [0.2, 0.25) is 0 Å². The van der Waals surface area contributed by atoms with E-state index in [2.05, 4.69) is 13.8 Å². The quantitative estimate of drug-likeness (QED) is 0.131. The zero-order valence-electron chi connectivity index (χ0n) is 17.6. The molecule has 0 saturated carbocycles. The van der Waals surface area contributed by atoms with Crippen molar-refractivity contribution >= 4 is 45.6 Å². The van der Waals surface area contributed by atoms with E-state index in [1.54, 1.807) is 0 Å². The van der Waals surface area contributed by atoms with E-state index in [-0.39, 0.29) is 54.3 Å². The van der Waals surface area contributed by atoms with Gasteiger partial charge < -0.3 is 4.74 Å². The molecule has 164 valence electrons. The summed E-state index contributed by atoms with van der Waals surface area (Å²) in [4.78, 5) is 11.5. The van der Waals surface area contributed by atoms with Gasteiger partial charge in [-0.25, -0.2) is 0 Å². The first kappa shape index (κ1) is 30.6. The molecule has 0 spiro atoms. The number of carbonyl (C=O) groups is 1. The zero-order valence-corrected chi connectivity index (χ0v) is 18.4. The first-order valence-electron chi connectivity index (χ1n) is 10.9. The van der Waals surface area contributed by atoms with Crippen LogP contribution >= 0.6 is 0 Å². The van der Waals surface area contributed by atoms with Crippen LogP contribution in [0.4, 0.5) is 0 Å². The summed E-state index contributed by atoms with van der Waals surface area (Å²) in [5.74, 6) is 0.200. The Kier molecular flexibility index (Phi) is 22.5. The zero-order chi connectivity index (χ0) is 20.4. The molecule has 0 atom stereocenters. The van der Waals surface area contributed by atoms with Crippen molar-refractivity contribution in [1.82, 2.24) is 0 Å². The third-order valence-electron chi connectivity index (χ3n) is 4.72. The standard InChI is InChI=1S/C21H42O5S.Na.H/c1-20(2)16-13-11-9-7-5-3-4-6-8-10-12-14-17-21(22)26-18-15-19-27(23,24)25;;/h20H,3-19H2,1-2H3,(H,23,24,25);;. The van der Waals surface area contributed by atoms with Crippen LogP contribution in [0.25, 0.3) is 0 Å². The minimum atomic E-state index is -3.96. The molecule has 0 aromatic heterocycles. The summed E-state index contributed by atoms with van der Waals surface area (Å²) in [6.07, 6.45) is 17.0. The number of esters is 1. The van der Waals surface area contributed by atoms with Gasteiger partial charge in [-0.15, -0.1) is 0 Å². The Hall–Kier alpha value is 0.380. The average molecular weight is 431 g/mol. The van der Waals surface area contributed by atoms with E-state index < -0.39 is 10.1 Å². The Morgan fingerprint density at radius 3 is 1.64 bits per heavy atom. The van der Waals surface area contributed by atoms with Gasteiger partial charge in [0, 0.05) is 6.42 Å². The predicted molar refractivity (Wildman–Crippen MR) is 119 cm³/mol. The van der Waals surface area contributed by atoms with E-state index in [9.17, 15) is 13.2 Å². The van der Waals surface area contributed by atoms with Crippen molar-refractivity contribution in [3.8, 4) is 0 Å². The second kappa shape index (κ2) is 20.6. The summed E-state index contributed by atoms with van der Waals surface area (Å²) in [5.41, 5.74) is 0. The Balaban J connectivity index is 0. The normalized spacial score (nSPS) is 11.4. The fraction of sp³-hybridized carbons (Fsp3) is 0.952. The van der Waals surface area contributed by atoms with Crippen LogP contribution in [0.5, 0.6) is 0 Å². The molecular weight excluding hydrogens is 387 g/mol. The predicted octanol–water partition coefficient (Wildman–Crippen LogP) is 5.28. The van der Waals surface area contributed by atoms with Crippen LogP contribution in [0.1, 0.15) is 110 Å². The molecule has 28 heavy (non-hydrogen) atoms. The second-order valence-electron chi connectivity index (χ2n) is 8.04. The van der Waals surface area contributed by atoms with Gasteiger partial charge >= 0.3 is 35.5 Å². The van der Waals surface area contributed by atoms with Crippen LogP contribution in [-0.2, 0) is 19.6 Å². The van der Waals surface area contributed by atoms with Crippen molar-refractivity contribution in [1.29, 1.82) is 0 Å². The molecule has 5 nitrogen and oxygen atoms in total. The minimum absolute atomic E-state index is 0. The van der Waals surface area contributed by atoms with Gasteiger partial charge in [-0.05, 0) is 18.8 Å². The molecule has 0 bridgehead atoms. The first-order valence-corrected chi connectivity index (χ1v) is 12.5. The van der Waals surface area contributed by atoms with Gasteiger partial charge in [-0.3, -0.25) is 9.35 Å². The molecule has 0 aliphatic heterocycles. The molecule has 7 heteroatoms. The molecule has 0 unspecified atom stereocenters. The van der Waals surface area contributed by atoms with Gasteiger partial charge in [-0.2, -0.15) is 8.42 Å². The van der Waals surface area contributed by atoms with Crippen LogP contribution in [-0.4, -0.2) is 60.9 Å². The van der Waals surface area contributed by atoms with E-state index in [1.165, 1.54) is 64.2 Å². The number of carbonyl (C=O) groups excluding carboxylic acids is 1. The first-order chi connectivity index (χ1) is 12.8. The Labute approximate surface area is 195 Å². The van der Waals surface area contributed by atoms with Crippen LogP contribution < -0.4 is 0 Å². The van der Waals surface area contributed by atoms with Crippen molar-refractivity contribution < 1.29 is 22.5 Å². The van der Waals surface area contributed by atoms with E-state index in [1.807, 2.05) is 0 Å². The van der Waals surface area contributed by atoms with Crippen LogP contribution in [0, 0.1) is 5.92 Å². The molecule has 0 fully saturated rings. The van der Waals surface area contributed by atoms with Crippen molar-refractivity contribution in [2.45, 2.75) is 110 Å². The van der Waals surface area contributed by atoms with Gasteiger partial charge in [0.25, 0.3) is 10.1 Å². The van der Waals surface area contributed by atoms with E-state index in [4.69, 9.17) is 9.29 Å². The molecule has 1 N–H and O–H groups in total. The van der Waals surface area contributed by atoms with Gasteiger partial charge in [0.05, 0.1) is 12.4 Å².